The summed E-state index contributed by atoms with van der Waals surface area (Å²) in [6, 6.07) is 20.1. The number of aryl methyl sites for hydroxylation is 2. The van der Waals surface area contributed by atoms with E-state index in [1.165, 1.54) is 6.42 Å². The summed E-state index contributed by atoms with van der Waals surface area (Å²) >= 11 is 0. The molecule has 7 nitrogen and oxygen atoms in total. The van der Waals surface area contributed by atoms with E-state index in [1.807, 2.05) is 62.4 Å². The molecule has 0 saturated heterocycles. The van der Waals surface area contributed by atoms with E-state index in [0.717, 1.165) is 42.4 Å². The van der Waals surface area contributed by atoms with Crippen molar-refractivity contribution < 1.29 is 14.4 Å². The minimum absolute atomic E-state index is 0.115. The average molecular weight is 527 g/mol. The predicted octanol–water partition coefficient (Wildman–Crippen LogP) is 6.03. The highest BCUT2D eigenvalue weighted by molar-refractivity contribution is 6.01. The van der Waals surface area contributed by atoms with Crippen LogP contribution in [0.2, 0.25) is 0 Å². The van der Waals surface area contributed by atoms with Gasteiger partial charge in [0.1, 0.15) is 11.9 Å². The second-order valence-electron chi connectivity index (χ2n) is 10.4. The molecule has 1 aliphatic rings. The number of hydrogen-bond donors (Lipinski definition) is 2. The van der Waals surface area contributed by atoms with Gasteiger partial charge in [0, 0.05) is 30.8 Å². The van der Waals surface area contributed by atoms with Crippen LogP contribution in [-0.4, -0.2) is 28.7 Å². The first-order valence-electron chi connectivity index (χ1n) is 13.9. The van der Waals surface area contributed by atoms with Gasteiger partial charge in [-0.2, -0.15) is 0 Å². The molecule has 0 aliphatic heterocycles. The number of benzene rings is 2. The molecule has 7 heteroatoms. The quantitative estimate of drug-likeness (QED) is 0.337. The Bertz CT molecular complexity index is 1250. The van der Waals surface area contributed by atoms with Crippen LogP contribution in [0.3, 0.4) is 0 Å². The summed E-state index contributed by atoms with van der Waals surface area (Å²) in [5, 5.41) is 6.01. The zero-order chi connectivity index (χ0) is 27.6. The van der Waals surface area contributed by atoms with Crippen molar-refractivity contribution in [2.45, 2.75) is 77.3 Å². The number of rotatable bonds is 10. The van der Waals surface area contributed by atoms with Crippen molar-refractivity contribution in [2.75, 3.05) is 10.2 Å². The average Bonchev–Trinajstić information content (AvgIpc) is 2.93. The van der Waals surface area contributed by atoms with Gasteiger partial charge >= 0.3 is 0 Å². The third-order valence-corrected chi connectivity index (χ3v) is 7.13. The predicted molar refractivity (Wildman–Crippen MR) is 154 cm³/mol. The van der Waals surface area contributed by atoms with E-state index >= 15 is 0 Å². The molecule has 1 saturated carbocycles. The highest BCUT2D eigenvalue weighted by atomic mass is 16.2. The van der Waals surface area contributed by atoms with Gasteiger partial charge in [-0.1, -0.05) is 67.3 Å². The number of anilines is 2. The fraction of sp³-hybridized carbons (Fsp3) is 0.375. The zero-order valence-corrected chi connectivity index (χ0v) is 22.9. The highest BCUT2D eigenvalue weighted by Crippen LogP contribution is 2.31. The van der Waals surface area contributed by atoms with Gasteiger partial charge in [-0.05, 0) is 68.5 Å². The van der Waals surface area contributed by atoms with E-state index in [2.05, 4.69) is 15.6 Å². The largest absolute Gasteiger partial charge is 0.351 e. The lowest BCUT2D eigenvalue weighted by Crippen LogP contribution is -2.47. The van der Waals surface area contributed by atoms with Crippen LogP contribution in [0.4, 0.5) is 11.5 Å². The second-order valence-corrected chi connectivity index (χ2v) is 10.4. The van der Waals surface area contributed by atoms with Crippen molar-refractivity contribution in [2.24, 2.45) is 0 Å². The van der Waals surface area contributed by atoms with E-state index < -0.39 is 6.04 Å². The van der Waals surface area contributed by atoms with E-state index in [1.54, 1.807) is 29.3 Å². The van der Waals surface area contributed by atoms with E-state index in [-0.39, 0.29) is 36.6 Å². The molecule has 0 spiro atoms. The monoisotopic (exact) mass is 526 g/mol. The Morgan fingerprint density at radius 1 is 0.897 bits per heavy atom. The highest BCUT2D eigenvalue weighted by Gasteiger charge is 2.34. The van der Waals surface area contributed by atoms with E-state index in [9.17, 15) is 14.4 Å². The van der Waals surface area contributed by atoms with Crippen molar-refractivity contribution in [3.63, 3.8) is 0 Å². The van der Waals surface area contributed by atoms with Crippen LogP contribution in [0.1, 0.15) is 74.1 Å². The molecule has 1 aromatic heterocycles. The number of amides is 3. The van der Waals surface area contributed by atoms with Gasteiger partial charge in [-0.15, -0.1) is 0 Å². The van der Waals surface area contributed by atoms with E-state index in [4.69, 9.17) is 0 Å². The van der Waals surface area contributed by atoms with Crippen molar-refractivity contribution >= 4 is 29.2 Å². The Morgan fingerprint density at radius 2 is 1.67 bits per heavy atom. The van der Waals surface area contributed by atoms with Gasteiger partial charge in [0.25, 0.3) is 0 Å². The Labute approximate surface area is 231 Å². The third-order valence-electron chi connectivity index (χ3n) is 7.13. The molecule has 0 radical (unpaired) electrons. The first-order chi connectivity index (χ1) is 18.9. The van der Waals surface area contributed by atoms with E-state index in [0.29, 0.717) is 17.9 Å². The summed E-state index contributed by atoms with van der Waals surface area (Å²) < 4.78 is 0. The Hall–Kier alpha value is -4.00. The lowest BCUT2D eigenvalue weighted by molar-refractivity contribution is -0.127. The van der Waals surface area contributed by atoms with Crippen LogP contribution in [-0.2, 0) is 14.4 Å². The van der Waals surface area contributed by atoms with Gasteiger partial charge in [0.05, 0.1) is 0 Å². The molecule has 2 aromatic carbocycles. The number of nitrogens with one attached hydrogen (secondary N) is 2. The van der Waals surface area contributed by atoms with Gasteiger partial charge in [-0.25, -0.2) is 4.98 Å². The zero-order valence-electron chi connectivity index (χ0n) is 22.9. The summed E-state index contributed by atoms with van der Waals surface area (Å²) in [5.74, 6) is -0.0909. The smallest absolute Gasteiger partial charge is 0.248 e. The van der Waals surface area contributed by atoms with Gasteiger partial charge in [0.2, 0.25) is 17.7 Å². The normalized spacial score (nSPS) is 14.3. The molecule has 0 bridgehead atoms. The molecule has 1 fully saturated rings. The van der Waals surface area contributed by atoms with Crippen LogP contribution < -0.4 is 15.5 Å². The molecule has 4 rings (SSSR count). The molecule has 1 heterocycles. The Kier molecular flexibility index (Phi) is 9.84. The first kappa shape index (κ1) is 28.0. The molecule has 2 N–H and O–H groups in total. The topological polar surface area (TPSA) is 91.4 Å². The van der Waals surface area contributed by atoms with Crippen LogP contribution in [0.5, 0.6) is 0 Å². The van der Waals surface area contributed by atoms with Crippen molar-refractivity contribution in [3.05, 3.63) is 89.6 Å². The van der Waals surface area contributed by atoms with Crippen LogP contribution >= 0.6 is 0 Å². The minimum Gasteiger partial charge on any atom is -0.351 e. The molecular formula is C32H38N4O3. The summed E-state index contributed by atoms with van der Waals surface area (Å²) in [7, 11) is 0. The molecule has 1 aliphatic carbocycles. The maximum absolute atomic E-state index is 13.9. The standard InChI is InChI=1S/C32H38N4O3/c1-23-17-19-25(20-18-23)31(32(39)34-26-11-4-3-5-12-26)36(27-13-8-10-24(2)22-27)30(38)16-9-15-29(37)35-28-14-6-7-21-33-28/h6-8,10,13-14,17-22,26,31H,3-5,9,11-12,15-16H2,1-2H3,(H,34,39)(H,33,35,37)/t31-/m1/s1. The number of aromatic nitrogens is 1. The van der Waals surface area contributed by atoms with Crippen LogP contribution in [0.15, 0.2) is 72.9 Å². The molecule has 0 unspecified atom stereocenters. The lowest BCUT2D eigenvalue weighted by atomic mass is 9.94. The van der Waals surface area contributed by atoms with Gasteiger partial charge < -0.3 is 10.6 Å². The number of pyridine rings is 1. The maximum Gasteiger partial charge on any atom is 0.248 e. The second kappa shape index (κ2) is 13.7. The third kappa shape index (κ3) is 7.99. The van der Waals surface area contributed by atoms with Gasteiger partial charge in [0.15, 0.2) is 0 Å². The molecular weight excluding hydrogens is 488 g/mol. The molecule has 204 valence electrons. The van der Waals surface area contributed by atoms with Crippen molar-refractivity contribution in [1.29, 1.82) is 0 Å². The van der Waals surface area contributed by atoms with Crippen LogP contribution in [0.25, 0.3) is 0 Å². The van der Waals surface area contributed by atoms with Crippen molar-refractivity contribution in [1.82, 2.24) is 10.3 Å². The molecule has 3 amide bonds. The van der Waals surface area contributed by atoms with Crippen LogP contribution in [0, 0.1) is 13.8 Å². The minimum atomic E-state index is -0.816. The van der Waals surface area contributed by atoms with Crippen molar-refractivity contribution in [3.8, 4) is 0 Å². The van der Waals surface area contributed by atoms with Gasteiger partial charge in [-0.3, -0.25) is 19.3 Å². The first-order valence-corrected chi connectivity index (χ1v) is 13.9. The maximum atomic E-state index is 13.9. The molecule has 3 aromatic rings. The summed E-state index contributed by atoms with van der Waals surface area (Å²) in [5.41, 5.74) is 3.51. The SMILES string of the molecule is Cc1ccc([C@H](C(=O)NC2CCCCC2)N(C(=O)CCCC(=O)Nc2ccccn2)c2cccc(C)c2)cc1. The number of carbonyl (C=O) groups is 3. The fourth-order valence-electron chi connectivity index (χ4n) is 5.07. The summed E-state index contributed by atoms with van der Waals surface area (Å²) in [4.78, 5) is 46.0. The Morgan fingerprint density at radius 3 is 2.36 bits per heavy atom. The lowest BCUT2D eigenvalue weighted by Gasteiger charge is -2.34. The Balaban J connectivity index is 1.57. The fourth-order valence-corrected chi connectivity index (χ4v) is 5.07. The molecule has 39 heavy (non-hydrogen) atoms. The summed E-state index contributed by atoms with van der Waals surface area (Å²) in [6.07, 6.45) is 7.56. The number of carbonyl (C=O) groups excluding carboxylic acids is 3. The summed E-state index contributed by atoms with van der Waals surface area (Å²) in [6.45, 7) is 3.97. The molecule has 1 atom stereocenters. The number of hydrogen-bond acceptors (Lipinski definition) is 4. The number of nitrogens with zero attached hydrogens (tertiary/aromatic N) is 2.